The van der Waals surface area contributed by atoms with Gasteiger partial charge in [0.1, 0.15) is 22.7 Å². The molecule has 13 heteroatoms. The summed E-state index contributed by atoms with van der Waals surface area (Å²) in [4.78, 5) is 17.8. The number of likely N-dealkylation sites (tertiary alicyclic amines) is 1. The molecule has 7 nitrogen and oxygen atoms in total. The molecule has 0 bridgehead atoms. The lowest BCUT2D eigenvalue weighted by atomic mass is 10.0. The van der Waals surface area contributed by atoms with Crippen LogP contribution in [0.1, 0.15) is 22.5 Å². The van der Waals surface area contributed by atoms with Gasteiger partial charge < -0.3 is 20.9 Å². The molecular formula is C25H25F5N6OS. The molecule has 0 saturated carbocycles. The van der Waals surface area contributed by atoms with Crippen LogP contribution in [0.3, 0.4) is 0 Å². The standard InChI is InChI=1S/C25H25F5N6OS/c1-31-23(37)15-7-8-18(16(26)13-15)32-10-3-5-21-24(38-25(28,29)30)36-11-4-6-20(22(36)34-21)33-19-9-12-35(2)14-17(19)27/h4,6-8,11,13,17,19,32-33H,9-10,12,14H2,1-2H3,(H,31,37). The highest BCUT2D eigenvalue weighted by molar-refractivity contribution is 8.00. The Morgan fingerprint density at radius 3 is 2.74 bits per heavy atom. The molecule has 0 spiro atoms. The van der Waals surface area contributed by atoms with Gasteiger partial charge in [0.15, 0.2) is 5.65 Å². The van der Waals surface area contributed by atoms with E-state index in [4.69, 9.17) is 0 Å². The van der Waals surface area contributed by atoms with Crippen LogP contribution >= 0.6 is 11.8 Å². The molecule has 3 N–H and O–H groups in total. The summed E-state index contributed by atoms with van der Waals surface area (Å²) in [7, 11) is 3.25. The summed E-state index contributed by atoms with van der Waals surface area (Å²) in [5.41, 5.74) is -3.89. The maximum absolute atomic E-state index is 14.6. The third kappa shape index (κ3) is 6.49. The summed E-state index contributed by atoms with van der Waals surface area (Å²) in [6, 6.07) is 6.56. The molecule has 202 valence electrons. The van der Waals surface area contributed by atoms with Gasteiger partial charge in [-0.15, -0.1) is 0 Å². The normalized spacial score (nSPS) is 18.1. The Kier molecular flexibility index (Phi) is 8.32. The van der Waals surface area contributed by atoms with E-state index in [1.807, 2.05) is 11.9 Å². The maximum atomic E-state index is 14.6. The predicted molar refractivity (Wildman–Crippen MR) is 137 cm³/mol. The highest BCUT2D eigenvalue weighted by Gasteiger charge is 2.33. The minimum Gasteiger partial charge on any atom is -0.376 e. The Hall–Kier alpha value is -3.50. The van der Waals surface area contributed by atoms with Crippen LogP contribution in [0.4, 0.5) is 33.3 Å². The number of benzene rings is 1. The summed E-state index contributed by atoms with van der Waals surface area (Å²) in [6.45, 7) is 0.845. The molecule has 1 fully saturated rings. The first-order valence-corrected chi connectivity index (χ1v) is 12.5. The van der Waals surface area contributed by atoms with E-state index in [1.165, 1.54) is 29.8 Å². The van der Waals surface area contributed by atoms with Crippen molar-refractivity contribution >= 4 is 34.7 Å². The highest BCUT2D eigenvalue weighted by Crippen LogP contribution is 2.39. The Balaban J connectivity index is 1.58. The van der Waals surface area contributed by atoms with Gasteiger partial charge in [-0.25, -0.2) is 13.8 Å². The first-order chi connectivity index (χ1) is 18.1. The number of hydrogen-bond donors (Lipinski definition) is 3. The zero-order valence-corrected chi connectivity index (χ0v) is 21.3. The number of nitrogens with one attached hydrogen (secondary N) is 3. The van der Waals surface area contributed by atoms with Crippen molar-refractivity contribution in [3.8, 4) is 11.8 Å². The van der Waals surface area contributed by atoms with Gasteiger partial charge in [-0.2, -0.15) is 13.2 Å². The van der Waals surface area contributed by atoms with Crippen LogP contribution in [0, 0.1) is 17.7 Å². The predicted octanol–water partition coefficient (Wildman–Crippen LogP) is 4.36. The molecule has 4 rings (SSSR count). The third-order valence-electron chi connectivity index (χ3n) is 5.94. The van der Waals surface area contributed by atoms with E-state index in [-0.39, 0.29) is 52.5 Å². The highest BCUT2D eigenvalue weighted by atomic mass is 32.2. The lowest BCUT2D eigenvalue weighted by Crippen LogP contribution is -2.46. The molecule has 1 amide bonds. The molecular weight excluding hydrogens is 527 g/mol. The third-order valence-corrected chi connectivity index (χ3v) is 6.75. The minimum atomic E-state index is -4.60. The lowest BCUT2D eigenvalue weighted by molar-refractivity contribution is -0.0330. The van der Waals surface area contributed by atoms with E-state index >= 15 is 0 Å². The molecule has 2 atom stereocenters. The number of thioether (sulfide) groups is 1. The second kappa shape index (κ2) is 11.5. The van der Waals surface area contributed by atoms with E-state index in [9.17, 15) is 26.7 Å². The van der Waals surface area contributed by atoms with Crippen LogP contribution in [-0.2, 0) is 0 Å². The second-order valence-corrected chi connectivity index (χ2v) is 9.73. The van der Waals surface area contributed by atoms with E-state index in [2.05, 4.69) is 32.8 Å². The fraction of sp³-hybridized carbons (Fsp3) is 0.360. The minimum absolute atomic E-state index is 0.0808. The van der Waals surface area contributed by atoms with Crippen molar-refractivity contribution in [3.05, 3.63) is 53.6 Å². The van der Waals surface area contributed by atoms with Crippen molar-refractivity contribution < 1.29 is 26.7 Å². The Morgan fingerprint density at radius 2 is 2.05 bits per heavy atom. The summed E-state index contributed by atoms with van der Waals surface area (Å²) >= 11 is -0.346. The zero-order valence-electron chi connectivity index (χ0n) is 20.5. The first kappa shape index (κ1) is 27.5. The lowest BCUT2D eigenvalue weighted by Gasteiger charge is -2.33. The smallest absolute Gasteiger partial charge is 0.376 e. The first-order valence-electron chi connectivity index (χ1n) is 11.7. The fourth-order valence-corrected chi connectivity index (χ4v) is 4.74. The van der Waals surface area contributed by atoms with Gasteiger partial charge in [-0.05, 0) is 49.7 Å². The topological polar surface area (TPSA) is 73.7 Å². The number of piperidine rings is 1. The van der Waals surface area contributed by atoms with Gasteiger partial charge in [0.25, 0.3) is 5.91 Å². The van der Waals surface area contributed by atoms with Crippen LogP contribution in [0.15, 0.2) is 41.6 Å². The number of amides is 1. The molecule has 3 heterocycles. The van der Waals surface area contributed by atoms with E-state index < -0.39 is 29.4 Å². The number of anilines is 2. The van der Waals surface area contributed by atoms with Gasteiger partial charge in [-0.1, -0.05) is 5.92 Å². The fourth-order valence-electron chi connectivity index (χ4n) is 4.08. The maximum Gasteiger partial charge on any atom is 0.447 e. The number of carbonyl (C=O) groups excluding carboxylic acids is 1. The van der Waals surface area contributed by atoms with Crippen molar-refractivity contribution in [1.29, 1.82) is 0 Å². The molecule has 1 aliphatic rings. The largest absolute Gasteiger partial charge is 0.447 e. The number of carbonyl (C=O) groups is 1. The van der Waals surface area contributed by atoms with Crippen molar-refractivity contribution in [1.82, 2.24) is 19.6 Å². The Morgan fingerprint density at radius 1 is 1.26 bits per heavy atom. The van der Waals surface area contributed by atoms with Crippen molar-refractivity contribution in [2.75, 3.05) is 44.4 Å². The number of hydrogen-bond acceptors (Lipinski definition) is 6. The van der Waals surface area contributed by atoms with Gasteiger partial charge in [0, 0.05) is 43.7 Å². The van der Waals surface area contributed by atoms with Crippen LogP contribution in [-0.4, -0.2) is 71.6 Å². The molecule has 0 aliphatic carbocycles. The number of aromatic nitrogens is 2. The number of alkyl halides is 4. The number of pyridine rings is 1. The molecule has 3 aromatic rings. The van der Waals surface area contributed by atoms with Gasteiger partial charge in [0.2, 0.25) is 0 Å². The Labute approximate surface area is 220 Å². The number of fused-ring (bicyclic) bond motifs is 1. The van der Waals surface area contributed by atoms with Gasteiger partial charge >= 0.3 is 5.51 Å². The molecule has 2 aromatic heterocycles. The van der Waals surface area contributed by atoms with E-state index in [0.717, 1.165) is 6.07 Å². The number of halogens is 5. The van der Waals surface area contributed by atoms with Gasteiger partial charge in [0.05, 0.1) is 24.0 Å². The van der Waals surface area contributed by atoms with E-state index in [0.29, 0.717) is 18.7 Å². The number of rotatable bonds is 6. The average molecular weight is 553 g/mol. The Bertz CT molecular complexity index is 1380. The van der Waals surface area contributed by atoms with Crippen molar-refractivity contribution in [2.45, 2.75) is 29.2 Å². The number of nitrogens with zero attached hydrogens (tertiary/aromatic N) is 3. The summed E-state index contributed by atoms with van der Waals surface area (Å²) in [5, 5.41) is 8.01. The second-order valence-electron chi connectivity index (χ2n) is 8.68. The van der Waals surface area contributed by atoms with E-state index in [1.54, 1.807) is 12.1 Å². The summed E-state index contributed by atoms with van der Waals surface area (Å²) < 4.78 is 70.3. The summed E-state index contributed by atoms with van der Waals surface area (Å²) in [5.74, 6) is 4.20. The average Bonchev–Trinajstić information content (AvgIpc) is 3.20. The molecule has 2 unspecified atom stereocenters. The molecule has 1 aromatic carbocycles. The summed E-state index contributed by atoms with van der Waals surface area (Å²) in [6.07, 6.45) is 0.822. The monoisotopic (exact) mass is 552 g/mol. The van der Waals surface area contributed by atoms with Gasteiger partial charge in [-0.3, -0.25) is 9.20 Å². The molecule has 1 saturated heterocycles. The van der Waals surface area contributed by atoms with Crippen LogP contribution in [0.25, 0.3) is 5.65 Å². The number of imidazole rings is 1. The molecule has 1 aliphatic heterocycles. The van der Waals surface area contributed by atoms with Crippen LogP contribution in [0.5, 0.6) is 0 Å². The van der Waals surface area contributed by atoms with Crippen LogP contribution < -0.4 is 16.0 Å². The molecule has 38 heavy (non-hydrogen) atoms. The van der Waals surface area contributed by atoms with Crippen molar-refractivity contribution in [2.24, 2.45) is 0 Å². The zero-order chi connectivity index (χ0) is 27.4. The van der Waals surface area contributed by atoms with Crippen molar-refractivity contribution in [3.63, 3.8) is 0 Å². The van der Waals surface area contributed by atoms with Crippen LogP contribution in [0.2, 0.25) is 0 Å². The quantitative estimate of drug-likeness (QED) is 0.240. The SMILES string of the molecule is CNC(=O)c1ccc(NCC#Cc2nc3c(NC4CCN(C)CC4F)cccn3c2SC(F)(F)F)c(F)c1. The molecule has 0 radical (unpaired) electrons.